The normalized spacial score (nSPS) is 23.3. The minimum absolute atomic E-state index is 0.415. The first-order valence-corrected chi connectivity index (χ1v) is 7.49. The van der Waals surface area contributed by atoms with Crippen molar-refractivity contribution in [2.75, 3.05) is 19.6 Å². The molecule has 2 aromatic rings. The molecule has 20 heavy (non-hydrogen) atoms. The molecule has 1 aliphatic heterocycles. The molecule has 1 saturated heterocycles. The predicted molar refractivity (Wildman–Crippen MR) is 76.3 cm³/mol. The molecule has 0 N–H and O–H groups in total. The Hall–Kier alpha value is -1.68. The fourth-order valence-corrected chi connectivity index (χ4v) is 2.96. The van der Waals surface area contributed by atoms with Crippen LogP contribution in [0, 0.1) is 5.92 Å². The Morgan fingerprint density at radius 3 is 2.75 bits per heavy atom. The van der Waals surface area contributed by atoms with Crippen LogP contribution in [-0.2, 0) is 0 Å². The summed E-state index contributed by atoms with van der Waals surface area (Å²) >= 11 is 0. The van der Waals surface area contributed by atoms with Gasteiger partial charge in [0.25, 0.3) is 0 Å². The van der Waals surface area contributed by atoms with Crippen molar-refractivity contribution in [3.05, 3.63) is 36.2 Å². The zero-order chi connectivity index (χ0) is 13.4. The van der Waals surface area contributed by atoms with Crippen LogP contribution in [0.3, 0.4) is 0 Å². The predicted octanol–water partition coefficient (Wildman–Crippen LogP) is 2.94. The topological polar surface area (TPSA) is 42.2 Å². The maximum atomic E-state index is 5.87. The Morgan fingerprint density at radius 2 is 1.95 bits per heavy atom. The molecule has 4 heteroatoms. The summed E-state index contributed by atoms with van der Waals surface area (Å²) in [7, 11) is 0. The lowest BCUT2D eigenvalue weighted by Crippen LogP contribution is -2.22. The summed E-state index contributed by atoms with van der Waals surface area (Å²) in [5.74, 6) is 2.82. The molecule has 0 bridgehead atoms. The number of hydrogen-bond donors (Lipinski definition) is 0. The van der Waals surface area contributed by atoms with Gasteiger partial charge in [0.05, 0.1) is 5.92 Å². The number of hydrogen-bond acceptors (Lipinski definition) is 4. The Balaban J connectivity index is 1.45. The minimum Gasteiger partial charge on any atom is -0.420 e. The molecule has 0 amide bonds. The van der Waals surface area contributed by atoms with E-state index in [4.69, 9.17) is 4.42 Å². The monoisotopic (exact) mass is 269 g/mol. The second kappa shape index (κ2) is 5.02. The van der Waals surface area contributed by atoms with Crippen LogP contribution in [-0.4, -0.2) is 34.7 Å². The van der Waals surface area contributed by atoms with Crippen LogP contribution in [0.25, 0.3) is 11.5 Å². The van der Waals surface area contributed by atoms with Gasteiger partial charge in [-0.1, -0.05) is 18.2 Å². The molecule has 1 aromatic heterocycles. The van der Waals surface area contributed by atoms with Gasteiger partial charge in [0.2, 0.25) is 11.8 Å². The Morgan fingerprint density at radius 1 is 1.10 bits per heavy atom. The molecule has 2 aliphatic rings. The SMILES string of the molecule is c1ccc(-c2nnc([C@H]3CCN(CC4CC4)C3)o2)cc1. The molecule has 1 saturated carbocycles. The summed E-state index contributed by atoms with van der Waals surface area (Å²) in [6, 6.07) is 9.99. The standard InChI is InChI=1S/C16H19N3O/c1-2-4-13(5-3-1)15-17-18-16(20-15)14-8-9-19(11-14)10-12-6-7-12/h1-5,12,14H,6-11H2/t14-/m0/s1. The van der Waals surface area contributed by atoms with Crippen molar-refractivity contribution in [3.8, 4) is 11.5 Å². The third kappa shape index (κ3) is 2.48. The van der Waals surface area contributed by atoms with E-state index in [-0.39, 0.29) is 0 Å². The van der Waals surface area contributed by atoms with Gasteiger partial charge in [-0.2, -0.15) is 0 Å². The third-order valence-corrected chi connectivity index (χ3v) is 4.30. The first-order chi connectivity index (χ1) is 9.88. The molecule has 2 heterocycles. The van der Waals surface area contributed by atoms with E-state index >= 15 is 0 Å². The van der Waals surface area contributed by atoms with Gasteiger partial charge >= 0.3 is 0 Å². The summed E-state index contributed by atoms with van der Waals surface area (Å²) in [6.45, 7) is 3.51. The molecule has 1 atom stereocenters. The van der Waals surface area contributed by atoms with E-state index in [0.717, 1.165) is 30.3 Å². The van der Waals surface area contributed by atoms with Gasteiger partial charge < -0.3 is 9.32 Å². The quantitative estimate of drug-likeness (QED) is 0.856. The van der Waals surface area contributed by atoms with Crippen LogP contribution in [0.4, 0.5) is 0 Å². The molecular weight excluding hydrogens is 250 g/mol. The summed E-state index contributed by atoms with van der Waals surface area (Å²) in [4.78, 5) is 2.55. The molecule has 1 aliphatic carbocycles. The van der Waals surface area contributed by atoms with Crippen molar-refractivity contribution in [1.29, 1.82) is 0 Å². The van der Waals surface area contributed by atoms with E-state index < -0.39 is 0 Å². The molecule has 104 valence electrons. The highest BCUT2D eigenvalue weighted by Gasteiger charge is 2.32. The second-order valence-corrected chi connectivity index (χ2v) is 6.00. The maximum absolute atomic E-state index is 5.87. The van der Waals surface area contributed by atoms with E-state index in [0.29, 0.717) is 11.8 Å². The van der Waals surface area contributed by atoms with E-state index in [1.54, 1.807) is 0 Å². The summed E-state index contributed by atoms with van der Waals surface area (Å²) in [5, 5.41) is 8.45. The highest BCUT2D eigenvalue weighted by atomic mass is 16.4. The van der Waals surface area contributed by atoms with Crippen LogP contribution < -0.4 is 0 Å². The third-order valence-electron chi connectivity index (χ3n) is 4.30. The van der Waals surface area contributed by atoms with Gasteiger partial charge in [0, 0.05) is 18.7 Å². The van der Waals surface area contributed by atoms with Gasteiger partial charge in [-0.15, -0.1) is 10.2 Å². The fraction of sp³-hybridized carbons (Fsp3) is 0.500. The Kier molecular flexibility index (Phi) is 3.03. The summed E-state index contributed by atoms with van der Waals surface area (Å²) < 4.78 is 5.87. The first-order valence-electron chi connectivity index (χ1n) is 7.49. The first kappa shape index (κ1) is 12.1. The Labute approximate surface area is 118 Å². The van der Waals surface area contributed by atoms with Gasteiger partial charge in [-0.25, -0.2) is 0 Å². The molecule has 4 nitrogen and oxygen atoms in total. The average molecular weight is 269 g/mol. The number of nitrogens with zero attached hydrogens (tertiary/aromatic N) is 3. The number of likely N-dealkylation sites (tertiary alicyclic amines) is 1. The minimum atomic E-state index is 0.415. The van der Waals surface area contributed by atoms with Crippen LogP contribution in [0.2, 0.25) is 0 Å². The van der Waals surface area contributed by atoms with Crippen molar-refractivity contribution in [1.82, 2.24) is 15.1 Å². The summed E-state index contributed by atoms with van der Waals surface area (Å²) in [6.07, 6.45) is 3.98. The van der Waals surface area contributed by atoms with Gasteiger partial charge in [0.1, 0.15) is 0 Å². The lowest BCUT2D eigenvalue weighted by atomic mass is 10.1. The van der Waals surface area contributed by atoms with Crippen LogP contribution in [0.15, 0.2) is 34.7 Å². The van der Waals surface area contributed by atoms with E-state index in [9.17, 15) is 0 Å². The van der Waals surface area contributed by atoms with Gasteiger partial charge in [-0.3, -0.25) is 0 Å². The van der Waals surface area contributed by atoms with E-state index in [1.807, 2.05) is 30.3 Å². The largest absolute Gasteiger partial charge is 0.420 e. The highest BCUT2D eigenvalue weighted by molar-refractivity contribution is 5.51. The van der Waals surface area contributed by atoms with Gasteiger partial charge in [0.15, 0.2) is 0 Å². The van der Waals surface area contributed by atoms with Crippen LogP contribution in [0.1, 0.15) is 31.1 Å². The highest BCUT2D eigenvalue weighted by Crippen LogP contribution is 2.34. The molecule has 0 radical (unpaired) electrons. The van der Waals surface area contributed by atoms with E-state index in [2.05, 4.69) is 15.1 Å². The molecular formula is C16H19N3O. The molecule has 4 rings (SSSR count). The molecule has 2 fully saturated rings. The number of aromatic nitrogens is 2. The molecule has 0 spiro atoms. The molecule has 1 aromatic carbocycles. The zero-order valence-electron chi connectivity index (χ0n) is 11.5. The zero-order valence-corrected chi connectivity index (χ0v) is 11.5. The van der Waals surface area contributed by atoms with Crippen LogP contribution >= 0.6 is 0 Å². The number of benzene rings is 1. The van der Waals surface area contributed by atoms with E-state index in [1.165, 1.54) is 25.9 Å². The Bertz CT molecular complexity index is 576. The lowest BCUT2D eigenvalue weighted by Gasteiger charge is -2.13. The smallest absolute Gasteiger partial charge is 0.247 e. The van der Waals surface area contributed by atoms with Crippen molar-refractivity contribution in [3.63, 3.8) is 0 Å². The van der Waals surface area contributed by atoms with Crippen molar-refractivity contribution in [2.24, 2.45) is 5.92 Å². The second-order valence-electron chi connectivity index (χ2n) is 6.00. The summed E-state index contributed by atoms with van der Waals surface area (Å²) in [5.41, 5.74) is 0.999. The maximum Gasteiger partial charge on any atom is 0.247 e. The van der Waals surface area contributed by atoms with Crippen molar-refractivity contribution >= 4 is 0 Å². The van der Waals surface area contributed by atoms with Crippen LogP contribution in [0.5, 0.6) is 0 Å². The average Bonchev–Trinajstić information content (AvgIpc) is 2.99. The van der Waals surface area contributed by atoms with Crippen molar-refractivity contribution < 1.29 is 4.42 Å². The van der Waals surface area contributed by atoms with Gasteiger partial charge in [-0.05, 0) is 43.9 Å². The molecule has 0 unspecified atom stereocenters. The lowest BCUT2D eigenvalue weighted by molar-refractivity contribution is 0.314. The fourth-order valence-electron chi connectivity index (χ4n) is 2.96. The number of rotatable bonds is 4. The van der Waals surface area contributed by atoms with Crippen molar-refractivity contribution in [2.45, 2.75) is 25.2 Å².